The molecule has 6 rings (SSSR count). The molecule has 1 N–H and O–H groups in total. The van der Waals surface area contributed by atoms with E-state index in [0.717, 1.165) is 32.0 Å². The maximum absolute atomic E-state index is 13.1. The monoisotopic (exact) mass is 435 g/mol. The number of anilines is 1. The normalized spacial score (nSPS) is 11.5. The Labute approximate surface area is 186 Å². The maximum Gasteiger partial charge on any atom is 0.246 e. The molecule has 6 aromatic rings. The van der Waals surface area contributed by atoms with Gasteiger partial charge in [-0.15, -0.1) is 0 Å². The van der Waals surface area contributed by atoms with Crippen molar-refractivity contribution in [1.29, 1.82) is 0 Å². The average Bonchev–Trinajstić information content (AvgIpc) is 3.24. The smallest absolute Gasteiger partial charge is 0.246 e. The largest absolute Gasteiger partial charge is 0.331 e. The molecule has 0 atom stereocenters. The van der Waals surface area contributed by atoms with Crippen LogP contribution < -0.4 is 10.7 Å². The van der Waals surface area contributed by atoms with E-state index < -0.39 is 0 Å². The van der Waals surface area contributed by atoms with Gasteiger partial charge in [-0.05, 0) is 35.7 Å². The Hall–Kier alpha value is -4.03. The summed E-state index contributed by atoms with van der Waals surface area (Å²) in [4.78, 5) is 30.6. The predicted octanol–water partition coefficient (Wildman–Crippen LogP) is 5.56. The van der Waals surface area contributed by atoms with E-state index in [4.69, 9.17) is 0 Å². The first-order valence-electron chi connectivity index (χ1n) is 10.3. The highest BCUT2D eigenvalue weighted by molar-refractivity contribution is 7.22. The minimum absolute atomic E-state index is 0.0223. The molecule has 0 aliphatic rings. The molecule has 4 aromatic carbocycles. The molecule has 0 unspecified atom stereocenters. The third-order valence-electron chi connectivity index (χ3n) is 5.71. The zero-order valence-electron chi connectivity index (χ0n) is 16.9. The van der Waals surface area contributed by atoms with Gasteiger partial charge < -0.3 is 9.88 Å². The number of nitrogens with one attached hydrogen (secondary N) is 1. The second kappa shape index (κ2) is 7.28. The molecular formula is C26H17N3O2S. The van der Waals surface area contributed by atoms with E-state index in [1.807, 2.05) is 65.2 Å². The fourth-order valence-electron chi connectivity index (χ4n) is 4.26. The van der Waals surface area contributed by atoms with E-state index in [1.54, 1.807) is 12.1 Å². The van der Waals surface area contributed by atoms with Gasteiger partial charge in [0.2, 0.25) is 5.91 Å². The van der Waals surface area contributed by atoms with Crippen molar-refractivity contribution in [2.75, 3.05) is 5.32 Å². The second-order valence-electron chi connectivity index (χ2n) is 7.65. The van der Waals surface area contributed by atoms with E-state index >= 15 is 0 Å². The summed E-state index contributed by atoms with van der Waals surface area (Å²) in [6.07, 6.45) is 0. The van der Waals surface area contributed by atoms with E-state index in [-0.39, 0.29) is 17.9 Å². The number of aromatic nitrogens is 2. The molecule has 0 saturated carbocycles. The van der Waals surface area contributed by atoms with Gasteiger partial charge in [0.25, 0.3) is 0 Å². The quantitative estimate of drug-likeness (QED) is 0.370. The van der Waals surface area contributed by atoms with Gasteiger partial charge in [0.1, 0.15) is 6.54 Å². The van der Waals surface area contributed by atoms with E-state index in [1.165, 1.54) is 11.3 Å². The van der Waals surface area contributed by atoms with Crippen LogP contribution in [0.2, 0.25) is 0 Å². The van der Waals surface area contributed by atoms with Gasteiger partial charge >= 0.3 is 0 Å². The number of carbonyl (C=O) groups excluding carboxylic acids is 1. The minimum Gasteiger partial charge on any atom is -0.331 e. The van der Waals surface area contributed by atoms with Crippen LogP contribution in [0, 0.1) is 0 Å². The number of amides is 1. The first kappa shape index (κ1) is 18.7. The molecule has 1 amide bonds. The van der Waals surface area contributed by atoms with Gasteiger partial charge in [-0.25, -0.2) is 4.98 Å². The number of carbonyl (C=O) groups is 1. The summed E-state index contributed by atoms with van der Waals surface area (Å²) in [6, 6.07) is 27.0. The molecule has 0 saturated heterocycles. The van der Waals surface area contributed by atoms with Crippen molar-refractivity contribution in [3.63, 3.8) is 0 Å². The van der Waals surface area contributed by atoms with Crippen LogP contribution in [0.4, 0.5) is 5.13 Å². The summed E-state index contributed by atoms with van der Waals surface area (Å²) in [5, 5.41) is 6.92. The van der Waals surface area contributed by atoms with Gasteiger partial charge in [-0.1, -0.05) is 65.9 Å². The molecular weight excluding hydrogens is 418 g/mol. The standard InChI is InChI=1S/C26H17N3O2S/c30-23(27-26-28-24-17-8-2-1-7-16(17)13-14-22(24)32-26)15-29-20-11-5-3-9-18(20)25(31)19-10-4-6-12-21(19)29/h1-14H,15H2,(H,27,28,30). The van der Waals surface area contributed by atoms with Gasteiger partial charge in [0.05, 0.1) is 21.3 Å². The lowest BCUT2D eigenvalue weighted by molar-refractivity contribution is -0.116. The van der Waals surface area contributed by atoms with Crippen molar-refractivity contribution in [3.8, 4) is 0 Å². The van der Waals surface area contributed by atoms with Crippen molar-refractivity contribution in [1.82, 2.24) is 9.55 Å². The Morgan fingerprint density at radius 1 is 0.812 bits per heavy atom. The topological polar surface area (TPSA) is 64.0 Å². The van der Waals surface area contributed by atoms with Crippen molar-refractivity contribution in [2.24, 2.45) is 0 Å². The third kappa shape index (κ3) is 2.96. The van der Waals surface area contributed by atoms with Gasteiger partial charge in [0, 0.05) is 16.2 Å². The molecule has 6 heteroatoms. The highest BCUT2D eigenvalue weighted by atomic mass is 32.1. The van der Waals surface area contributed by atoms with Crippen molar-refractivity contribution < 1.29 is 4.79 Å². The fraction of sp³-hybridized carbons (Fsp3) is 0.0385. The minimum atomic E-state index is -0.188. The molecule has 0 aliphatic heterocycles. The average molecular weight is 436 g/mol. The summed E-state index contributed by atoms with van der Waals surface area (Å²) < 4.78 is 2.92. The Morgan fingerprint density at radius 3 is 2.16 bits per heavy atom. The van der Waals surface area contributed by atoms with Crippen LogP contribution in [0.25, 0.3) is 42.8 Å². The van der Waals surface area contributed by atoms with Gasteiger partial charge in [-0.3, -0.25) is 9.59 Å². The number of hydrogen-bond acceptors (Lipinski definition) is 4. The number of hydrogen-bond donors (Lipinski definition) is 1. The molecule has 32 heavy (non-hydrogen) atoms. The van der Waals surface area contributed by atoms with Crippen LogP contribution in [-0.2, 0) is 11.3 Å². The number of rotatable bonds is 3. The van der Waals surface area contributed by atoms with Crippen molar-refractivity contribution >= 4 is 65.2 Å². The second-order valence-corrected chi connectivity index (χ2v) is 8.68. The van der Waals surface area contributed by atoms with Crippen LogP contribution >= 0.6 is 11.3 Å². The lowest BCUT2D eigenvalue weighted by Gasteiger charge is -2.14. The van der Waals surface area contributed by atoms with E-state index in [9.17, 15) is 9.59 Å². The molecule has 0 aliphatic carbocycles. The molecule has 2 aromatic heterocycles. The van der Waals surface area contributed by atoms with Crippen LogP contribution in [0.5, 0.6) is 0 Å². The predicted molar refractivity (Wildman–Crippen MR) is 131 cm³/mol. The molecule has 0 bridgehead atoms. The van der Waals surface area contributed by atoms with Crippen LogP contribution in [0.15, 0.2) is 89.7 Å². The molecule has 0 spiro atoms. The number of fused-ring (bicyclic) bond motifs is 5. The van der Waals surface area contributed by atoms with Crippen LogP contribution in [0.3, 0.4) is 0 Å². The summed E-state index contributed by atoms with van der Waals surface area (Å²) in [7, 11) is 0. The Balaban J connectivity index is 1.40. The Morgan fingerprint density at radius 2 is 1.44 bits per heavy atom. The highest BCUT2D eigenvalue weighted by Gasteiger charge is 2.15. The molecule has 154 valence electrons. The first-order valence-corrected chi connectivity index (χ1v) is 11.1. The molecule has 0 fully saturated rings. The van der Waals surface area contributed by atoms with Crippen LogP contribution in [0.1, 0.15) is 0 Å². The number of pyridine rings is 1. The van der Waals surface area contributed by atoms with Crippen molar-refractivity contribution in [2.45, 2.75) is 6.54 Å². The van der Waals surface area contributed by atoms with E-state index in [2.05, 4.69) is 22.4 Å². The zero-order valence-corrected chi connectivity index (χ0v) is 17.7. The lowest BCUT2D eigenvalue weighted by atomic mass is 10.1. The number of nitrogens with zero attached hydrogens (tertiary/aromatic N) is 2. The maximum atomic E-state index is 13.1. The fourth-order valence-corrected chi connectivity index (χ4v) is 5.16. The number of para-hydroxylation sites is 2. The van der Waals surface area contributed by atoms with Gasteiger partial charge in [-0.2, -0.15) is 0 Å². The number of benzene rings is 4. The SMILES string of the molecule is O=C(Cn1c2ccccc2c(=O)c2ccccc21)Nc1nc2c(ccc3ccccc32)s1. The summed E-state index contributed by atoms with van der Waals surface area (Å²) >= 11 is 1.46. The Bertz CT molecular complexity index is 1670. The molecule has 0 radical (unpaired) electrons. The molecule has 2 heterocycles. The van der Waals surface area contributed by atoms with E-state index in [0.29, 0.717) is 15.9 Å². The highest BCUT2D eigenvalue weighted by Crippen LogP contribution is 2.31. The van der Waals surface area contributed by atoms with Crippen LogP contribution in [-0.4, -0.2) is 15.5 Å². The third-order valence-corrected chi connectivity index (χ3v) is 6.65. The summed E-state index contributed by atoms with van der Waals surface area (Å²) in [5.74, 6) is -0.188. The zero-order chi connectivity index (χ0) is 21.7. The lowest BCUT2D eigenvalue weighted by Crippen LogP contribution is -2.21. The summed E-state index contributed by atoms with van der Waals surface area (Å²) in [5.41, 5.74) is 2.34. The molecule has 5 nitrogen and oxygen atoms in total. The first-order chi connectivity index (χ1) is 15.7. The van der Waals surface area contributed by atoms with Crippen molar-refractivity contribution in [3.05, 3.63) is 95.2 Å². The number of thiazole rings is 1. The van der Waals surface area contributed by atoms with Gasteiger partial charge in [0.15, 0.2) is 10.6 Å². The Kier molecular flexibility index (Phi) is 4.26. The summed E-state index contributed by atoms with van der Waals surface area (Å²) in [6.45, 7) is 0.0813.